The third-order valence-corrected chi connectivity index (χ3v) is 5.70. The van der Waals surface area contributed by atoms with Crippen LogP contribution in [0.15, 0.2) is 30.7 Å². The molecule has 0 radical (unpaired) electrons. The second-order valence-corrected chi connectivity index (χ2v) is 9.11. The Labute approximate surface area is 190 Å². The van der Waals surface area contributed by atoms with E-state index < -0.39 is 0 Å². The highest BCUT2D eigenvalue weighted by Gasteiger charge is 2.04. The molecule has 0 amide bonds. The van der Waals surface area contributed by atoms with Gasteiger partial charge in [0.15, 0.2) is 11.6 Å². The first-order valence-electron chi connectivity index (χ1n) is 12.6. The standard InChI is InChI=1S/C27H43N3O/c1-4-5-6-7-10-13-16-24-17-18-26(28-20-24)27-29-21-25(22-30-27)31-19-14-11-8-9-12-15-23(2)3/h17-18,20-23H,4-16,19H2,1-3H3. The summed E-state index contributed by atoms with van der Waals surface area (Å²) >= 11 is 0. The minimum atomic E-state index is 0.656. The molecule has 0 aliphatic heterocycles. The number of unbranched alkanes of at least 4 members (excludes halogenated alkanes) is 9. The molecule has 0 saturated carbocycles. The topological polar surface area (TPSA) is 47.9 Å². The summed E-state index contributed by atoms with van der Waals surface area (Å²) in [6.07, 6.45) is 22.2. The highest BCUT2D eigenvalue weighted by molar-refractivity contribution is 5.49. The molecule has 172 valence electrons. The Morgan fingerprint density at radius 1 is 0.742 bits per heavy atom. The Kier molecular flexibility index (Phi) is 12.9. The van der Waals surface area contributed by atoms with E-state index in [4.69, 9.17) is 4.74 Å². The third-order valence-electron chi connectivity index (χ3n) is 5.70. The van der Waals surface area contributed by atoms with Gasteiger partial charge in [-0.2, -0.15) is 0 Å². The van der Waals surface area contributed by atoms with Crippen molar-refractivity contribution in [2.75, 3.05) is 6.61 Å². The second-order valence-electron chi connectivity index (χ2n) is 9.11. The molecule has 0 N–H and O–H groups in total. The smallest absolute Gasteiger partial charge is 0.178 e. The molecule has 4 nitrogen and oxygen atoms in total. The highest BCUT2D eigenvalue weighted by Crippen LogP contribution is 2.17. The van der Waals surface area contributed by atoms with E-state index in [1.54, 1.807) is 12.4 Å². The number of rotatable bonds is 17. The molecule has 0 spiro atoms. The maximum atomic E-state index is 5.79. The fourth-order valence-electron chi connectivity index (χ4n) is 3.71. The first-order valence-corrected chi connectivity index (χ1v) is 12.6. The zero-order chi connectivity index (χ0) is 22.2. The van der Waals surface area contributed by atoms with Crippen LogP contribution in [0.1, 0.15) is 103 Å². The number of pyridine rings is 1. The van der Waals surface area contributed by atoms with Crippen molar-refractivity contribution in [3.63, 3.8) is 0 Å². The van der Waals surface area contributed by atoms with Gasteiger partial charge in [-0.15, -0.1) is 0 Å². The summed E-state index contributed by atoms with van der Waals surface area (Å²) in [5.41, 5.74) is 2.11. The fraction of sp³-hybridized carbons (Fsp3) is 0.667. The summed E-state index contributed by atoms with van der Waals surface area (Å²) < 4.78 is 5.79. The molecule has 0 aliphatic rings. The average Bonchev–Trinajstić information content (AvgIpc) is 2.78. The predicted octanol–water partition coefficient (Wildman–Crippen LogP) is 7.82. The quantitative estimate of drug-likeness (QED) is 0.242. The molecular formula is C27H43N3O. The summed E-state index contributed by atoms with van der Waals surface area (Å²) in [5, 5.41) is 0. The number of ether oxygens (including phenoxy) is 1. The maximum Gasteiger partial charge on any atom is 0.178 e. The van der Waals surface area contributed by atoms with Crippen LogP contribution in [0.25, 0.3) is 11.5 Å². The van der Waals surface area contributed by atoms with E-state index in [2.05, 4.69) is 41.8 Å². The molecule has 0 atom stereocenters. The molecule has 0 fully saturated rings. The molecule has 2 heterocycles. The van der Waals surface area contributed by atoms with Gasteiger partial charge >= 0.3 is 0 Å². The maximum absolute atomic E-state index is 5.79. The van der Waals surface area contributed by atoms with E-state index in [1.807, 2.05) is 12.3 Å². The number of hydrogen-bond donors (Lipinski definition) is 0. The predicted molar refractivity (Wildman–Crippen MR) is 130 cm³/mol. The van der Waals surface area contributed by atoms with Gasteiger partial charge in [0, 0.05) is 6.20 Å². The van der Waals surface area contributed by atoms with Crippen molar-refractivity contribution in [1.29, 1.82) is 0 Å². The van der Waals surface area contributed by atoms with Crippen molar-refractivity contribution in [2.24, 2.45) is 5.92 Å². The molecule has 2 aromatic rings. The Morgan fingerprint density at radius 2 is 1.42 bits per heavy atom. The van der Waals surface area contributed by atoms with Crippen LogP contribution in [0.4, 0.5) is 0 Å². The molecule has 0 aromatic carbocycles. The SMILES string of the molecule is CCCCCCCCc1ccc(-c2ncc(OCCCCCCCC(C)C)cn2)nc1. The lowest BCUT2D eigenvalue weighted by molar-refractivity contribution is 0.302. The van der Waals surface area contributed by atoms with E-state index in [1.165, 1.54) is 76.2 Å². The minimum Gasteiger partial charge on any atom is -0.490 e. The van der Waals surface area contributed by atoms with Gasteiger partial charge in [0.1, 0.15) is 5.69 Å². The Morgan fingerprint density at radius 3 is 2.10 bits per heavy atom. The second kappa shape index (κ2) is 15.8. The normalized spacial score (nSPS) is 11.2. The van der Waals surface area contributed by atoms with Crippen LogP contribution in [0.3, 0.4) is 0 Å². The molecule has 0 saturated heterocycles. The van der Waals surface area contributed by atoms with Crippen molar-refractivity contribution in [3.8, 4) is 17.3 Å². The van der Waals surface area contributed by atoms with E-state index in [-0.39, 0.29) is 0 Å². The number of nitrogens with zero attached hydrogens (tertiary/aromatic N) is 3. The van der Waals surface area contributed by atoms with Gasteiger partial charge in [-0.25, -0.2) is 9.97 Å². The van der Waals surface area contributed by atoms with Crippen molar-refractivity contribution in [1.82, 2.24) is 15.0 Å². The minimum absolute atomic E-state index is 0.656. The molecule has 4 heteroatoms. The Balaban J connectivity index is 1.63. The summed E-state index contributed by atoms with van der Waals surface area (Å²) in [7, 11) is 0. The van der Waals surface area contributed by atoms with E-state index in [9.17, 15) is 0 Å². The number of aromatic nitrogens is 3. The van der Waals surface area contributed by atoms with Gasteiger partial charge in [0.2, 0.25) is 0 Å². The van der Waals surface area contributed by atoms with Gasteiger partial charge in [0.25, 0.3) is 0 Å². The van der Waals surface area contributed by atoms with Gasteiger partial charge < -0.3 is 4.74 Å². The van der Waals surface area contributed by atoms with E-state index >= 15 is 0 Å². The van der Waals surface area contributed by atoms with Crippen molar-refractivity contribution >= 4 is 0 Å². The Bertz CT molecular complexity index is 683. The molecule has 0 aliphatic carbocycles. The Hall–Kier alpha value is -1.97. The fourth-order valence-corrected chi connectivity index (χ4v) is 3.71. The van der Waals surface area contributed by atoms with Crippen LogP contribution in [0, 0.1) is 5.92 Å². The zero-order valence-corrected chi connectivity index (χ0v) is 20.1. The van der Waals surface area contributed by atoms with Gasteiger partial charge in [-0.3, -0.25) is 4.98 Å². The molecule has 2 aromatic heterocycles. The molecule has 31 heavy (non-hydrogen) atoms. The number of hydrogen-bond acceptors (Lipinski definition) is 4. The number of aryl methyl sites for hydroxylation is 1. The summed E-state index contributed by atoms with van der Waals surface area (Å²) in [6.45, 7) is 7.58. The summed E-state index contributed by atoms with van der Waals surface area (Å²) in [5.74, 6) is 2.22. The van der Waals surface area contributed by atoms with Crippen LogP contribution >= 0.6 is 0 Å². The van der Waals surface area contributed by atoms with Gasteiger partial charge in [-0.1, -0.05) is 91.0 Å². The lowest BCUT2D eigenvalue weighted by atomic mass is 10.0. The van der Waals surface area contributed by atoms with E-state index in [0.29, 0.717) is 5.82 Å². The lowest BCUT2D eigenvalue weighted by Gasteiger charge is -2.07. The van der Waals surface area contributed by atoms with Crippen LogP contribution in [-0.4, -0.2) is 21.6 Å². The van der Waals surface area contributed by atoms with Crippen molar-refractivity contribution in [3.05, 3.63) is 36.3 Å². The van der Waals surface area contributed by atoms with Crippen LogP contribution in [-0.2, 0) is 6.42 Å². The first kappa shape index (κ1) is 25.3. The largest absolute Gasteiger partial charge is 0.490 e. The van der Waals surface area contributed by atoms with Crippen molar-refractivity contribution < 1.29 is 4.74 Å². The molecular weight excluding hydrogens is 382 g/mol. The van der Waals surface area contributed by atoms with Gasteiger partial charge in [-0.05, 0) is 36.8 Å². The summed E-state index contributed by atoms with van der Waals surface area (Å²) in [6, 6.07) is 4.19. The zero-order valence-electron chi connectivity index (χ0n) is 20.1. The third kappa shape index (κ3) is 11.3. The van der Waals surface area contributed by atoms with Gasteiger partial charge in [0.05, 0.1) is 19.0 Å². The highest BCUT2D eigenvalue weighted by atomic mass is 16.5. The van der Waals surface area contributed by atoms with Crippen LogP contribution in [0.5, 0.6) is 5.75 Å². The van der Waals surface area contributed by atoms with Crippen LogP contribution < -0.4 is 4.74 Å². The lowest BCUT2D eigenvalue weighted by Crippen LogP contribution is -2.00. The first-order chi connectivity index (χ1) is 15.2. The van der Waals surface area contributed by atoms with Crippen LogP contribution in [0.2, 0.25) is 0 Å². The summed E-state index contributed by atoms with van der Waals surface area (Å²) in [4.78, 5) is 13.4. The monoisotopic (exact) mass is 425 g/mol. The molecule has 2 rings (SSSR count). The van der Waals surface area contributed by atoms with E-state index in [0.717, 1.165) is 36.8 Å². The molecule has 0 bridgehead atoms. The molecule has 0 unspecified atom stereocenters. The average molecular weight is 426 g/mol. The van der Waals surface area contributed by atoms with Crippen molar-refractivity contribution in [2.45, 2.75) is 104 Å².